The van der Waals surface area contributed by atoms with Crippen LogP contribution >= 0.6 is 0 Å². The van der Waals surface area contributed by atoms with Gasteiger partial charge in [-0.2, -0.15) is 0 Å². The summed E-state index contributed by atoms with van der Waals surface area (Å²) < 4.78 is 15.2. The molecule has 0 saturated carbocycles. The summed E-state index contributed by atoms with van der Waals surface area (Å²) in [6.07, 6.45) is 3.11. The van der Waals surface area contributed by atoms with Crippen LogP contribution < -0.4 is 5.32 Å². The zero-order chi connectivity index (χ0) is 18.8. The van der Waals surface area contributed by atoms with E-state index in [9.17, 15) is 9.18 Å². The highest BCUT2D eigenvalue weighted by molar-refractivity contribution is 6.10. The summed E-state index contributed by atoms with van der Waals surface area (Å²) in [7, 11) is 0. The fourth-order valence-corrected chi connectivity index (χ4v) is 3.40. The molecule has 1 amide bonds. The Morgan fingerprint density at radius 1 is 1.00 bits per heavy atom. The van der Waals surface area contributed by atoms with E-state index in [1.807, 2.05) is 30.3 Å². The smallest absolute Gasteiger partial charge is 0.248 e. The molecule has 27 heavy (non-hydrogen) atoms. The van der Waals surface area contributed by atoms with E-state index in [1.54, 1.807) is 18.2 Å². The van der Waals surface area contributed by atoms with E-state index in [0.717, 1.165) is 28.7 Å². The number of para-hydroxylation sites is 1. The first-order chi connectivity index (χ1) is 13.2. The van der Waals surface area contributed by atoms with Crippen molar-refractivity contribution in [1.29, 1.82) is 0 Å². The SMILES string of the molecule is CCn1c2ccccc2c2cc(NC(=O)/C=C/c3ccc(F)cc3)ccc21. The molecule has 1 aromatic heterocycles. The van der Waals surface area contributed by atoms with Crippen LogP contribution in [0.4, 0.5) is 10.1 Å². The normalized spacial score (nSPS) is 11.5. The molecular formula is C23H19FN2O. The molecule has 0 bridgehead atoms. The minimum Gasteiger partial charge on any atom is -0.341 e. The summed E-state index contributed by atoms with van der Waals surface area (Å²) in [5.41, 5.74) is 3.86. The number of anilines is 1. The number of halogens is 1. The zero-order valence-electron chi connectivity index (χ0n) is 14.9. The average Bonchev–Trinajstić information content (AvgIpc) is 3.01. The number of benzene rings is 3. The first-order valence-corrected chi connectivity index (χ1v) is 8.91. The van der Waals surface area contributed by atoms with Crippen LogP contribution in [-0.4, -0.2) is 10.5 Å². The number of nitrogens with one attached hydrogen (secondary N) is 1. The molecule has 0 aliphatic carbocycles. The Labute approximate surface area is 156 Å². The van der Waals surface area contributed by atoms with Gasteiger partial charge in [-0.1, -0.05) is 30.3 Å². The van der Waals surface area contributed by atoms with Crippen molar-refractivity contribution >= 4 is 39.5 Å². The van der Waals surface area contributed by atoms with Crippen LogP contribution in [0.15, 0.2) is 72.8 Å². The van der Waals surface area contributed by atoms with Gasteiger partial charge >= 0.3 is 0 Å². The largest absolute Gasteiger partial charge is 0.341 e. The lowest BCUT2D eigenvalue weighted by Gasteiger charge is -2.05. The summed E-state index contributed by atoms with van der Waals surface area (Å²) in [5, 5.41) is 5.19. The molecule has 1 heterocycles. The van der Waals surface area contributed by atoms with Crippen molar-refractivity contribution in [1.82, 2.24) is 4.57 Å². The molecule has 0 radical (unpaired) electrons. The van der Waals surface area contributed by atoms with Gasteiger partial charge in [0.1, 0.15) is 5.82 Å². The molecule has 0 spiro atoms. The van der Waals surface area contributed by atoms with Crippen molar-refractivity contribution in [3.05, 3.63) is 84.2 Å². The molecule has 0 saturated heterocycles. The molecule has 4 aromatic rings. The van der Waals surface area contributed by atoms with E-state index >= 15 is 0 Å². The molecule has 0 atom stereocenters. The molecule has 1 N–H and O–H groups in total. The topological polar surface area (TPSA) is 34.0 Å². The molecular weight excluding hydrogens is 339 g/mol. The molecule has 4 heteroatoms. The van der Waals surface area contributed by atoms with Gasteiger partial charge in [-0.25, -0.2) is 4.39 Å². The number of carbonyl (C=O) groups is 1. The number of rotatable bonds is 4. The fraction of sp³-hybridized carbons (Fsp3) is 0.0870. The molecule has 3 aromatic carbocycles. The van der Waals surface area contributed by atoms with Crippen LogP contribution in [0.2, 0.25) is 0 Å². The summed E-state index contributed by atoms with van der Waals surface area (Å²) in [5.74, 6) is -0.519. The van der Waals surface area contributed by atoms with Crippen LogP contribution in [0.5, 0.6) is 0 Å². The second kappa shape index (κ2) is 7.08. The van der Waals surface area contributed by atoms with Gasteiger partial charge in [0.2, 0.25) is 5.91 Å². The number of carbonyl (C=O) groups excluding carboxylic acids is 1. The van der Waals surface area contributed by atoms with Crippen molar-refractivity contribution in [2.24, 2.45) is 0 Å². The lowest BCUT2D eigenvalue weighted by Crippen LogP contribution is -2.07. The van der Waals surface area contributed by atoms with Gasteiger partial charge in [-0.05, 0) is 55.0 Å². The van der Waals surface area contributed by atoms with Crippen molar-refractivity contribution in [2.75, 3.05) is 5.32 Å². The molecule has 0 aliphatic rings. The van der Waals surface area contributed by atoms with Crippen molar-refractivity contribution in [3.8, 4) is 0 Å². The lowest BCUT2D eigenvalue weighted by atomic mass is 10.1. The maximum atomic E-state index is 12.9. The van der Waals surface area contributed by atoms with E-state index in [1.165, 1.54) is 29.1 Å². The number of fused-ring (bicyclic) bond motifs is 3. The van der Waals surface area contributed by atoms with Gasteiger partial charge in [-0.15, -0.1) is 0 Å². The van der Waals surface area contributed by atoms with Gasteiger partial charge in [-0.3, -0.25) is 4.79 Å². The molecule has 4 rings (SSSR count). The predicted octanol–water partition coefficient (Wildman–Crippen LogP) is 5.61. The number of nitrogens with zero attached hydrogens (tertiary/aromatic N) is 1. The Morgan fingerprint density at radius 3 is 2.52 bits per heavy atom. The summed E-state index contributed by atoms with van der Waals surface area (Å²) in [4.78, 5) is 12.2. The van der Waals surface area contributed by atoms with Crippen LogP contribution in [0.25, 0.3) is 27.9 Å². The minimum absolute atomic E-state index is 0.224. The van der Waals surface area contributed by atoms with Crippen molar-refractivity contribution in [2.45, 2.75) is 13.5 Å². The molecule has 134 valence electrons. The lowest BCUT2D eigenvalue weighted by molar-refractivity contribution is -0.111. The number of aryl methyl sites for hydroxylation is 1. The zero-order valence-corrected chi connectivity index (χ0v) is 14.9. The summed E-state index contributed by atoms with van der Waals surface area (Å²) in [6, 6.07) is 20.2. The van der Waals surface area contributed by atoms with Gasteiger partial charge in [0.15, 0.2) is 0 Å². The molecule has 0 unspecified atom stereocenters. The maximum Gasteiger partial charge on any atom is 0.248 e. The van der Waals surface area contributed by atoms with Crippen LogP contribution in [0.1, 0.15) is 12.5 Å². The monoisotopic (exact) mass is 358 g/mol. The Kier molecular flexibility index (Phi) is 4.47. The van der Waals surface area contributed by atoms with Crippen LogP contribution in [0.3, 0.4) is 0 Å². The first kappa shape index (κ1) is 17.0. The van der Waals surface area contributed by atoms with E-state index in [2.05, 4.69) is 28.9 Å². The van der Waals surface area contributed by atoms with Crippen LogP contribution in [-0.2, 0) is 11.3 Å². The summed E-state index contributed by atoms with van der Waals surface area (Å²) >= 11 is 0. The molecule has 3 nitrogen and oxygen atoms in total. The Morgan fingerprint density at radius 2 is 1.74 bits per heavy atom. The molecule has 0 aliphatic heterocycles. The fourth-order valence-electron chi connectivity index (χ4n) is 3.40. The summed E-state index contributed by atoms with van der Waals surface area (Å²) in [6.45, 7) is 3.01. The van der Waals surface area contributed by atoms with Gasteiger partial charge in [0.05, 0.1) is 0 Å². The van der Waals surface area contributed by atoms with Crippen LogP contribution in [0, 0.1) is 5.82 Å². The maximum absolute atomic E-state index is 12.9. The number of aromatic nitrogens is 1. The number of amides is 1. The molecule has 0 fully saturated rings. The second-order valence-corrected chi connectivity index (χ2v) is 6.37. The van der Waals surface area contributed by atoms with E-state index in [-0.39, 0.29) is 11.7 Å². The first-order valence-electron chi connectivity index (χ1n) is 8.91. The second-order valence-electron chi connectivity index (χ2n) is 6.37. The van der Waals surface area contributed by atoms with Gasteiger partial charge < -0.3 is 9.88 Å². The predicted molar refractivity (Wildman–Crippen MR) is 109 cm³/mol. The van der Waals surface area contributed by atoms with Gasteiger partial charge in [0, 0.05) is 40.1 Å². The van der Waals surface area contributed by atoms with Crippen molar-refractivity contribution < 1.29 is 9.18 Å². The number of hydrogen-bond acceptors (Lipinski definition) is 1. The van der Waals surface area contributed by atoms with E-state index in [4.69, 9.17) is 0 Å². The minimum atomic E-state index is -0.295. The quantitative estimate of drug-likeness (QED) is 0.473. The third kappa shape index (κ3) is 3.34. The highest BCUT2D eigenvalue weighted by Crippen LogP contribution is 2.30. The third-order valence-corrected chi connectivity index (χ3v) is 4.65. The average molecular weight is 358 g/mol. The Bertz CT molecular complexity index is 1160. The Hall–Kier alpha value is -3.40. The van der Waals surface area contributed by atoms with Gasteiger partial charge in [0.25, 0.3) is 0 Å². The van der Waals surface area contributed by atoms with E-state index in [0.29, 0.717) is 0 Å². The van der Waals surface area contributed by atoms with Crippen molar-refractivity contribution in [3.63, 3.8) is 0 Å². The Balaban J connectivity index is 1.61. The van der Waals surface area contributed by atoms with E-state index < -0.39 is 0 Å². The highest BCUT2D eigenvalue weighted by atomic mass is 19.1. The third-order valence-electron chi connectivity index (χ3n) is 4.65. The number of hydrogen-bond donors (Lipinski definition) is 1. The standard InChI is InChI=1S/C23H19FN2O/c1-2-26-21-6-4-3-5-19(21)20-15-18(12-13-22(20)26)25-23(27)14-9-16-7-10-17(24)11-8-16/h3-15H,2H2,1H3,(H,25,27)/b14-9+. The highest BCUT2D eigenvalue weighted by Gasteiger charge is 2.10.